The Morgan fingerprint density at radius 3 is 2.69 bits per heavy atom. The Bertz CT molecular complexity index is 202. The zero-order chi connectivity index (χ0) is 10.1. The molecule has 5 heteroatoms. The van der Waals surface area contributed by atoms with Crippen LogP contribution in [0.25, 0.3) is 0 Å². The summed E-state index contributed by atoms with van der Waals surface area (Å²) in [5, 5.41) is 0. The van der Waals surface area contributed by atoms with Gasteiger partial charge in [0.15, 0.2) is 0 Å². The van der Waals surface area contributed by atoms with E-state index < -0.39 is 11.6 Å². The number of nitrogens with one attached hydrogen (secondary N) is 1. The van der Waals surface area contributed by atoms with Crippen LogP contribution in [0.4, 0.5) is 0 Å². The number of rotatable bonds is 2. The van der Waals surface area contributed by atoms with Crippen LogP contribution in [0, 0.1) is 5.92 Å². The highest BCUT2D eigenvalue weighted by molar-refractivity contribution is 7.51. The Labute approximate surface area is 87.3 Å². The largest absolute Gasteiger partial charge is 0.335 e. The van der Waals surface area contributed by atoms with Crippen molar-refractivity contribution >= 4 is 23.3 Å². The zero-order valence-corrected chi connectivity index (χ0v) is 9.16. The molecule has 1 aliphatic carbocycles. The van der Waals surface area contributed by atoms with E-state index in [2.05, 4.69) is 17.8 Å². The fourth-order valence-corrected chi connectivity index (χ4v) is 1.44. The molecule has 13 heavy (non-hydrogen) atoms. The van der Waals surface area contributed by atoms with Crippen molar-refractivity contribution in [2.45, 2.75) is 26.2 Å². The average molecular weight is 224 g/mol. The second-order valence-corrected chi connectivity index (χ2v) is 3.52. The van der Waals surface area contributed by atoms with Crippen LogP contribution in [-0.4, -0.2) is 15.0 Å². The van der Waals surface area contributed by atoms with Crippen molar-refractivity contribution < 1.29 is 8.42 Å². The minimum absolute atomic E-state index is 0.750. The van der Waals surface area contributed by atoms with Crippen LogP contribution in [0.2, 0.25) is 0 Å². The van der Waals surface area contributed by atoms with Gasteiger partial charge in [0.25, 0.3) is 0 Å². The predicted octanol–water partition coefficient (Wildman–Crippen LogP) is 1.81. The molecule has 1 unspecified atom stereocenters. The van der Waals surface area contributed by atoms with E-state index in [4.69, 9.17) is 20.2 Å². The highest BCUT2D eigenvalue weighted by Gasteiger charge is 2.08. The third-order valence-corrected chi connectivity index (χ3v) is 2.19. The quantitative estimate of drug-likeness (QED) is 0.574. The van der Waals surface area contributed by atoms with E-state index in [-0.39, 0.29) is 0 Å². The highest BCUT2D eigenvalue weighted by atomic mass is 35.5. The van der Waals surface area contributed by atoms with Crippen molar-refractivity contribution in [1.29, 1.82) is 0 Å². The Morgan fingerprint density at radius 2 is 2.31 bits per heavy atom. The van der Waals surface area contributed by atoms with Crippen molar-refractivity contribution in [3.05, 3.63) is 11.6 Å². The monoisotopic (exact) mass is 223 g/mol. The Kier molecular flexibility index (Phi) is 8.29. The maximum absolute atomic E-state index is 8.29. The molecule has 3 nitrogen and oxygen atoms in total. The van der Waals surface area contributed by atoms with Crippen LogP contribution in [0.1, 0.15) is 26.2 Å². The molecule has 0 fully saturated rings. The van der Waals surface area contributed by atoms with Gasteiger partial charge in [0, 0.05) is 6.54 Å². The van der Waals surface area contributed by atoms with Crippen molar-refractivity contribution in [3.63, 3.8) is 0 Å². The van der Waals surface area contributed by atoms with E-state index in [9.17, 15) is 0 Å². The van der Waals surface area contributed by atoms with E-state index in [0.29, 0.717) is 0 Å². The molecule has 0 heterocycles. The molecule has 1 rings (SSSR count). The van der Waals surface area contributed by atoms with Gasteiger partial charge in [-0.2, -0.15) is 8.42 Å². The predicted molar refractivity (Wildman–Crippen MR) is 53.9 cm³/mol. The molecule has 0 aromatic carbocycles. The zero-order valence-electron chi connectivity index (χ0n) is 7.59. The fraction of sp³-hybridized carbons (Fsp3) is 0.750. The van der Waals surface area contributed by atoms with Gasteiger partial charge in [-0.05, 0) is 37.0 Å². The first-order valence-corrected chi connectivity index (χ1v) is 5.22. The van der Waals surface area contributed by atoms with Crippen LogP contribution >= 0.6 is 11.8 Å². The van der Waals surface area contributed by atoms with Gasteiger partial charge in [-0.15, -0.1) is 0 Å². The molecule has 0 amide bonds. The molecule has 1 atom stereocenters. The molecule has 0 bridgehead atoms. The molecular weight excluding hydrogens is 210 g/mol. The smallest absolute Gasteiger partial charge is 0.229 e. The van der Waals surface area contributed by atoms with Crippen molar-refractivity contribution in [3.8, 4) is 0 Å². The van der Waals surface area contributed by atoms with Crippen LogP contribution in [0.3, 0.4) is 0 Å². The summed E-state index contributed by atoms with van der Waals surface area (Å²) >= 11 is 4.63. The lowest BCUT2D eigenvalue weighted by Gasteiger charge is -2.17. The van der Waals surface area contributed by atoms with E-state index in [1.165, 1.54) is 24.8 Å². The van der Waals surface area contributed by atoms with Crippen LogP contribution < -0.4 is 4.84 Å². The van der Waals surface area contributed by atoms with Crippen molar-refractivity contribution in [2.75, 3.05) is 6.54 Å². The first kappa shape index (κ1) is 12.8. The molecule has 0 radical (unpaired) electrons. The molecule has 0 aromatic rings. The average Bonchev–Trinajstić information content (AvgIpc) is 2.11. The first-order chi connectivity index (χ1) is 6.24. The summed E-state index contributed by atoms with van der Waals surface area (Å²) in [6, 6.07) is 0. The van der Waals surface area contributed by atoms with Gasteiger partial charge in [0.2, 0.25) is 0 Å². The summed E-state index contributed by atoms with van der Waals surface area (Å²) in [5.74, 6) is 0.874. The van der Waals surface area contributed by atoms with Gasteiger partial charge in [-0.25, -0.2) is 4.84 Å². The van der Waals surface area contributed by atoms with Crippen molar-refractivity contribution in [2.24, 2.45) is 5.92 Å². The molecule has 0 saturated heterocycles. The lowest BCUT2D eigenvalue weighted by molar-refractivity contribution is 0.509. The molecule has 0 aliphatic heterocycles. The van der Waals surface area contributed by atoms with Gasteiger partial charge in [0.1, 0.15) is 0 Å². The molecular formula is C8H14ClNO2S. The number of hydrogen-bond acceptors (Lipinski definition) is 3. The summed E-state index contributed by atoms with van der Waals surface area (Å²) < 4.78 is 16.6. The minimum Gasteiger partial charge on any atom is -0.229 e. The third kappa shape index (κ3) is 6.93. The minimum atomic E-state index is -0.750. The van der Waals surface area contributed by atoms with E-state index >= 15 is 0 Å². The van der Waals surface area contributed by atoms with Crippen molar-refractivity contribution in [1.82, 2.24) is 4.84 Å². The maximum Gasteiger partial charge on any atom is 0.335 e. The normalized spacial score (nSPS) is 21.1. The standard InChI is InChI=1S/C8H14ClN.O2S/c1-7-2-4-8(5-3-7)6-10-9;1-3-2/h4,7,10H,2-3,5-6H2,1H3;. The number of halogens is 1. The maximum atomic E-state index is 8.29. The van der Waals surface area contributed by atoms with E-state index in [0.717, 1.165) is 12.5 Å². The molecule has 0 aromatic heterocycles. The van der Waals surface area contributed by atoms with Gasteiger partial charge < -0.3 is 0 Å². The molecule has 0 spiro atoms. The molecule has 1 N–H and O–H groups in total. The number of allylic oxidation sites excluding steroid dienone is 1. The Balaban J connectivity index is 0.000000424. The topological polar surface area (TPSA) is 46.2 Å². The highest BCUT2D eigenvalue weighted by Crippen LogP contribution is 2.21. The molecule has 76 valence electrons. The van der Waals surface area contributed by atoms with Crippen LogP contribution in [0.5, 0.6) is 0 Å². The Morgan fingerprint density at radius 1 is 1.69 bits per heavy atom. The summed E-state index contributed by atoms with van der Waals surface area (Å²) in [5.41, 5.74) is 1.47. The van der Waals surface area contributed by atoms with Crippen LogP contribution in [0.15, 0.2) is 11.6 Å². The summed E-state index contributed by atoms with van der Waals surface area (Å²) in [6.07, 6.45) is 6.09. The van der Waals surface area contributed by atoms with Crippen LogP contribution in [-0.2, 0) is 11.6 Å². The van der Waals surface area contributed by atoms with Gasteiger partial charge in [0.05, 0.1) is 0 Å². The second kappa shape index (κ2) is 8.41. The van der Waals surface area contributed by atoms with E-state index in [1.54, 1.807) is 0 Å². The second-order valence-electron chi connectivity index (χ2n) is 3.12. The van der Waals surface area contributed by atoms with Gasteiger partial charge >= 0.3 is 11.6 Å². The lowest BCUT2D eigenvalue weighted by Crippen LogP contribution is -2.10. The molecule has 0 saturated carbocycles. The number of hydrogen-bond donors (Lipinski definition) is 1. The third-order valence-electron chi connectivity index (χ3n) is 2.06. The van der Waals surface area contributed by atoms with Gasteiger partial charge in [-0.3, -0.25) is 0 Å². The SMILES string of the molecule is CC1CC=C(CNCl)CC1.O=S=O. The summed E-state index contributed by atoms with van der Waals surface area (Å²) in [6.45, 7) is 3.15. The lowest BCUT2D eigenvalue weighted by atomic mass is 9.91. The van der Waals surface area contributed by atoms with E-state index in [1.807, 2.05) is 0 Å². The summed E-state index contributed by atoms with van der Waals surface area (Å²) in [4.78, 5) is 2.66. The van der Waals surface area contributed by atoms with Gasteiger partial charge in [-0.1, -0.05) is 18.6 Å². The first-order valence-electron chi connectivity index (χ1n) is 4.17. The Hall–Kier alpha value is -0.190. The summed E-state index contributed by atoms with van der Waals surface area (Å²) in [7, 11) is 0. The molecule has 1 aliphatic rings. The fourth-order valence-electron chi connectivity index (χ4n) is 1.27.